The summed E-state index contributed by atoms with van der Waals surface area (Å²) in [5.74, 6) is 0. The second-order valence-corrected chi connectivity index (χ2v) is 3.67. The molecule has 0 radical (unpaired) electrons. The Bertz CT molecular complexity index is 557. The van der Waals surface area contributed by atoms with Crippen LogP contribution in [0.15, 0.2) is 24.4 Å². The third-order valence-corrected chi connectivity index (χ3v) is 2.49. The molecule has 0 N–H and O–H groups in total. The van der Waals surface area contributed by atoms with E-state index in [2.05, 4.69) is 4.98 Å². The molecular weight excluding hydrogens is 239 g/mol. The largest absolute Gasteiger partial charge is 0.278 e. The zero-order valence-corrected chi connectivity index (χ0v) is 8.79. The number of pyridine rings is 1. The summed E-state index contributed by atoms with van der Waals surface area (Å²) in [5.41, 5.74) is -0.0678. The number of nitro benzene ring substituents is 1. The molecule has 2 rings (SSSR count). The molecule has 0 aliphatic carbocycles. The summed E-state index contributed by atoms with van der Waals surface area (Å²) in [6, 6.07) is 4.38. The van der Waals surface area contributed by atoms with Gasteiger partial charge in [-0.3, -0.25) is 10.1 Å². The second kappa shape index (κ2) is 3.64. The fourth-order valence-electron chi connectivity index (χ4n) is 1.35. The minimum absolute atomic E-state index is 0.0678. The predicted octanol–water partition coefficient (Wildman–Crippen LogP) is 3.45. The highest BCUT2D eigenvalue weighted by molar-refractivity contribution is 6.36. The summed E-state index contributed by atoms with van der Waals surface area (Å²) in [4.78, 5) is 14.1. The molecule has 1 aromatic carbocycles. The maximum absolute atomic E-state index is 10.8. The van der Waals surface area contributed by atoms with Gasteiger partial charge in [-0.15, -0.1) is 0 Å². The summed E-state index contributed by atoms with van der Waals surface area (Å²) >= 11 is 11.6. The van der Waals surface area contributed by atoms with Crippen molar-refractivity contribution in [2.45, 2.75) is 0 Å². The maximum atomic E-state index is 10.8. The molecule has 0 atom stereocenters. The van der Waals surface area contributed by atoms with Crippen molar-refractivity contribution in [3.05, 3.63) is 44.7 Å². The van der Waals surface area contributed by atoms with Gasteiger partial charge in [0.15, 0.2) is 0 Å². The first-order valence-corrected chi connectivity index (χ1v) is 4.73. The lowest BCUT2D eigenvalue weighted by atomic mass is 10.1. The van der Waals surface area contributed by atoms with Gasteiger partial charge in [-0.1, -0.05) is 23.2 Å². The van der Waals surface area contributed by atoms with Gasteiger partial charge < -0.3 is 0 Å². The summed E-state index contributed by atoms with van der Waals surface area (Å²) in [6.07, 6.45) is 1.42. The van der Waals surface area contributed by atoms with E-state index in [1.807, 2.05) is 0 Å². The average Bonchev–Trinajstić information content (AvgIpc) is 2.18. The Hall–Kier alpha value is -1.39. The second-order valence-electron chi connectivity index (χ2n) is 2.88. The van der Waals surface area contributed by atoms with Crippen molar-refractivity contribution in [2.24, 2.45) is 0 Å². The van der Waals surface area contributed by atoms with Gasteiger partial charge in [-0.05, 0) is 12.1 Å². The van der Waals surface area contributed by atoms with Crippen LogP contribution < -0.4 is 0 Å². The van der Waals surface area contributed by atoms with Crippen LogP contribution in [0.5, 0.6) is 0 Å². The van der Waals surface area contributed by atoms with Crippen molar-refractivity contribution in [1.29, 1.82) is 0 Å². The van der Waals surface area contributed by atoms with Gasteiger partial charge >= 0.3 is 0 Å². The van der Waals surface area contributed by atoms with Gasteiger partial charge in [0.1, 0.15) is 5.15 Å². The van der Waals surface area contributed by atoms with Gasteiger partial charge in [0.2, 0.25) is 0 Å². The molecule has 0 unspecified atom stereocenters. The molecule has 0 aliphatic rings. The van der Waals surface area contributed by atoms with E-state index in [1.165, 1.54) is 18.3 Å². The highest BCUT2D eigenvalue weighted by Crippen LogP contribution is 2.32. The highest BCUT2D eigenvalue weighted by atomic mass is 35.5. The number of hydrogen-bond donors (Lipinski definition) is 0. The van der Waals surface area contributed by atoms with Gasteiger partial charge in [0.05, 0.1) is 10.3 Å². The predicted molar refractivity (Wildman–Crippen MR) is 58.4 cm³/mol. The maximum Gasteiger partial charge on any atom is 0.278 e. The molecule has 4 nitrogen and oxygen atoms in total. The first-order chi connectivity index (χ1) is 7.09. The number of fused-ring (bicyclic) bond motifs is 1. The molecule has 0 spiro atoms. The van der Waals surface area contributed by atoms with Crippen LogP contribution in [0.25, 0.3) is 10.8 Å². The van der Waals surface area contributed by atoms with Crippen LogP contribution >= 0.6 is 23.2 Å². The topological polar surface area (TPSA) is 56.0 Å². The van der Waals surface area contributed by atoms with Gasteiger partial charge in [0, 0.05) is 22.7 Å². The summed E-state index contributed by atoms with van der Waals surface area (Å²) in [7, 11) is 0. The smallest absolute Gasteiger partial charge is 0.258 e. The Balaban J connectivity index is 2.92. The Morgan fingerprint density at radius 3 is 2.67 bits per heavy atom. The number of hydrogen-bond acceptors (Lipinski definition) is 3. The molecule has 1 aromatic heterocycles. The van der Waals surface area contributed by atoms with E-state index >= 15 is 0 Å². The molecule has 76 valence electrons. The minimum Gasteiger partial charge on any atom is -0.258 e. The quantitative estimate of drug-likeness (QED) is 0.437. The Kier molecular flexibility index (Phi) is 2.46. The number of benzene rings is 1. The lowest BCUT2D eigenvalue weighted by Crippen LogP contribution is -1.90. The van der Waals surface area contributed by atoms with E-state index in [0.717, 1.165) is 0 Å². The van der Waals surface area contributed by atoms with E-state index in [0.29, 0.717) is 10.8 Å². The van der Waals surface area contributed by atoms with Crippen LogP contribution in [0.4, 0.5) is 5.69 Å². The van der Waals surface area contributed by atoms with E-state index in [-0.39, 0.29) is 15.9 Å². The Labute approximate surface area is 94.6 Å². The molecule has 0 fully saturated rings. The minimum atomic E-state index is -0.495. The highest BCUT2D eigenvalue weighted by Gasteiger charge is 2.14. The standard InChI is InChI=1S/C9H4Cl2N2O2/c10-5-3-7-6(1-2-12-9(7)11)8(4-5)13(14)15/h1-4H. The lowest BCUT2D eigenvalue weighted by molar-refractivity contribution is -0.383. The summed E-state index contributed by atoms with van der Waals surface area (Å²) < 4.78 is 0. The molecule has 0 saturated carbocycles. The van der Waals surface area contributed by atoms with Crippen molar-refractivity contribution in [3.8, 4) is 0 Å². The number of rotatable bonds is 1. The zero-order chi connectivity index (χ0) is 11.0. The third kappa shape index (κ3) is 1.73. The lowest BCUT2D eigenvalue weighted by Gasteiger charge is -2.01. The van der Waals surface area contributed by atoms with Crippen LogP contribution in [-0.4, -0.2) is 9.91 Å². The SMILES string of the molecule is O=[N+]([O-])c1cc(Cl)cc2c(Cl)nccc12. The Morgan fingerprint density at radius 1 is 1.27 bits per heavy atom. The van der Waals surface area contributed by atoms with Crippen molar-refractivity contribution in [3.63, 3.8) is 0 Å². The molecule has 2 aromatic rings. The number of nitrogens with zero attached hydrogens (tertiary/aromatic N) is 2. The van der Waals surface area contributed by atoms with E-state index in [9.17, 15) is 10.1 Å². The molecule has 0 amide bonds. The van der Waals surface area contributed by atoms with E-state index in [4.69, 9.17) is 23.2 Å². The van der Waals surface area contributed by atoms with Crippen molar-refractivity contribution < 1.29 is 4.92 Å². The van der Waals surface area contributed by atoms with Gasteiger partial charge in [-0.25, -0.2) is 4.98 Å². The fourth-order valence-corrected chi connectivity index (χ4v) is 1.77. The van der Waals surface area contributed by atoms with E-state index < -0.39 is 4.92 Å². The normalized spacial score (nSPS) is 10.5. The van der Waals surface area contributed by atoms with Crippen LogP contribution in [0.3, 0.4) is 0 Å². The monoisotopic (exact) mass is 242 g/mol. The zero-order valence-electron chi connectivity index (χ0n) is 7.28. The molecule has 0 aliphatic heterocycles. The summed E-state index contributed by atoms with van der Waals surface area (Å²) in [6.45, 7) is 0. The van der Waals surface area contributed by atoms with Gasteiger partial charge in [0.25, 0.3) is 5.69 Å². The first-order valence-electron chi connectivity index (χ1n) is 3.98. The van der Waals surface area contributed by atoms with Crippen LogP contribution in [0.2, 0.25) is 10.2 Å². The van der Waals surface area contributed by atoms with Crippen molar-refractivity contribution in [1.82, 2.24) is 4.98 Å². The molecule has 6 heteroatoms. The molecule has 0 bridgehead atoms. The van der Waals surface area contributed by atoms with Gasteiger partial charge in [-0.2, -0.15) is 0 Å². The average molecular weight is 243 g/mol. The number of aromatic nitrogens is 1. The molecule has 15 heavy (non-hydrogen) atoms. The number of halogens is 2. The van der Waals surface area contributed by atoms with Crippen molar-refractivity contribution in [2.75, 3.05) is 0 Å². The van der Waals surface area contributed by atoms with Crippen LogP contribution in [0, 0.1) is 10.1 Å². The van der Waals surface area contributed by atoms with Crippen LogP contribution in [-0.2, 0) is 0 Å². The molecular formula is C9H4Cl2N2O2. The first kappa shape index (κ1) is 10.1. The number of nitro groups is 1. The summed E-state index contributed by atoms with van der Waals surface area (Å²) in [5, 5.41) is 12.2. The molecule has 0 saturated heterocycles. The van der Waals surface area contributed by atoms with E-state index in [1.54, 1.807) is 6.07 Å². The third-order valence-electron chi connectivity index (χ3n) is 1.97. The Morgan fingerprint density at radius 2 is 2.00 bits per heavy atom. The van der Waals surface area contributed by atoms with Crippen molar-refractivity contribution >= 4 is 39.7 Å². The van der Waals surface area contributed by atoms with Crippen LogP contribution in [0.1, 0.15) is 0 Å². The molecule has 1 heterocycles. The number of non-ortho nitro benzene ring substituents is 1. The fraction of sp³-hybridized carbons (Fsp3) is 0.